The molecule has 1 aliphatic carbocycles. The minimum absolute atomic E-state index is 0.414. The van der Waals surface area contributed by atoms with Crippen molar-refractivity contribution < 1.29 is 0 Å². The first kappa shape index (κ1) is 21.3. The van der Waals surface area contributed by atoms with Gasteiger partial charge in [-0.1, -0.05) is 71.8 Å². The third-order valence-corrected chi connectivity index (χ3v) is 13.5. The highest BCUT2D eigenvalue weighted by Crippen LogP contribution is 2.48. The van der Waals surface area contributed by atoms with Crippen molar-refractivity contribution in [2.45, 2.75) is 46.1 Å². The zero-order chi connectivity index (χ0) is 22.3. The zero-order valence-electron chi connectivity index (χ0n) is 19.9. The number of rotatable bonds is 4. The molecule has 0 N–H and O–H groups in total. The molecule has 2 aromatic carbocycles. The summed E-state index contributed by atoms with van der Waals surface area (Å²) in [6, 6.07) is 22.8. The van der Waals surface area contributed by atoms with Crippen LogP contribution in [-0.4, -0.2) is 49.8 Å². The lowest BCUT2D eigenvalue weighted by Crippen LogP contribution is -2.77. The zero-order valence-corrected chi connectivity index (χ0v) is 20.9. The van der Waals surface area contributed by atoms with Crippen molar-refractivity contribution in [1.29, 1.82) is 0 Å². The Kier molecular flexibility index (Phi) is 5.58. The van der Waals surface area contributed by atoms with Crippen LogP contribution in [0, 0.1) is 0 Å². The largest absolute Gasteiger partial charge is 0.360 e. The maximum absolute atomic E-state index is 5.18. The van der Waals surface area contributed by atoms with Crippen LogP contribution in [0.4, 0.5) is 0 Å². The molecule has 2 aliphatic heterocycles. The molecule has 166 valence electrons. The molecular formula is C28H35N3Si. The van der Waals surface area contributed by atoms with Crippen molar-refractivity contribution in [2.24, 2.45) is 4.99 Å². The van der Waals surface area contributed by atoms with Gasteiger partial charge in [0.15, 0.2) is 5.96 Å². The van der Waals surface area contributed by atoms with Gasteiger partial charge in [-0.25, -0.2) is 0 Å². The third-order valence-electron chi connectivity index (χ3n) is 8.06. The monoisotopic (exact) mass is 441 g/mol. The lowest BCUT2D eigenvalue weighted by Gasteiger charge is -2.53. The van der Waals surface area contributed by atoms with Crippen molar-refractivity contribution in [3.8, 4) is 0 Å². The van der Waals surface area contributed by atoms with Gasteiger partial charge in [-0.05, 0) is 62.1 Å². The normalized spacial score (nSPS) is 20.1. The molecule has 0 atom stereocenters. The molecule has 0 bridgehead atoms. The summed E-state index contributed by atoms with van der Waals surface area (Å²) in [6.45, 7) is 13.7. The fraction of sp³-hybridized carbons (Fsp3) is 0.393. The van der Waals surface area contributed by atoms with Crippen LogP contribution in [0.1, 0.15) is 40.5 Å². The van der Waals surface area contributed by atoms with Crippen LogP contribution < -0.4 is 10.4 Å². The van der Waals surface area contributed by atoms with E-state index in [1.165, 1.54) is 40.3 Å². The molecule has 5 rings (SSSR count). The number of hydrogen-bond acceptors (Lipinski definition) is 3. The Balaban J connectivity index is 1.85. The van der Waals surface area contributed by atoms with Gasteiger partial charge in [0, 0.05) is 31.7 Å². The van der Waals surface area contributed by atoms with Crippen LogP contribution in [-0.2, 0) is 0 Å². The molecule has 32 heavy (non-hydrogen) atoms. The van der Waals surface area contributed by atoms with E-state index in [4.69, 9.17) is 4.99 Å². The van der Waals surface area contributed by atoms with Crippen molar-refractivity contribution in [3.63, 3.8) is 0 Å². The van der Waals surface area contributed by atoms with E-state index in [0.717, 1.165) is 26.2 Å². The van der Waals surface area contributed by atoms with E-state index in [2.05, 4.69) is 97.8 Å². The Morgan fingerprint density at radius 3 is 1.81 bits per heavy atom. The average molecular weight is 442 g/mol. The van der Waals surface area contributed by atoms with Gasteiger partial charge in [-0.2, -0.15) is 0 Å². The third kappa shape index (κ3) is 3.11. The summed E-state index contributed by atoms with van der Waals surface area (Å²) in [5.41, 5.74) is 6.48. The second-order valence-corrected chi connectivity index (χ2v) is 13.4. The smallest absolute Gasteiger partial charge is 0.234 e. The Bertz CT molecular complexity index is 1020. The molecule has 4 heteroatoms. The molecule has 3 aliphatic rings. The fourth-order valence-corrected chi connectivity index (χ4v) is 12.4. The average Bonchev–Trinajstić information content (AvgIpc) is 3.04. The molecule has 1 fully saturated rings. The molecule has 0 aromatic heterocycles. The summed E-state index contributed by atoms with van der Waals surface area (Å²) in [7, 11) is -2.49. The van der Waals surface area contributed by atoms with Gasteiger partial charge in [0.05, 0.1) is 0 Å². The van der Waals surface area contributed by atoms with E-state index >= 15 is 0 Å². The predicted molar refractivity (Wildman–Crippen MR) is 138 cm³/mol. The number of nitrogens with zero attached hydrogens (tertiary/aromatic N) is 3. The quantitative estimate of drug-likeness (QED) is 0.647. The van der Waals surface area contributed by atoms with Crippen molar-refractivity contribution in [3.05, 3.63) is 83.0 Å². The summed E-state index contributed by atoms with van der Waals surface area (Å²) in [6.07, 6.45) is 2.37. The lowest BCUT2D eigenvalue weighted by atomic mass is 10.1. The summed E-state index contributed by atoms with van der Waals surface area (Å²) in [5, 5.41) is 2.99. The Hall–Kier alpha value is -2.59. The SMILES string of the molecule is CC1=C(C)C([Si](c2ccccc2)(c2ccccc2)N2CCCN3CCCN=C32)C(C)=C1C. The number of guanidine groups is 1. The highest BCUT2D eigenvalue weighted by Gasteiger charge is 2.55. The molecule has 1 saturated heterocycles. The van der Waals surface area contributed by atoms with Gasteiger partial charge < -0.3 is 9.47 Å². The van der Waals surface area contributed by atoms with E-state index in [0.29, 0.717) is 5.54 Å². The van der Waals surface area contributed by atoms with E-state index in [-0.39, 0.29) is 0 Å². The highest BCUT2D eigenvalue weighted by atomic mass is 28.3. The Morgan fingerprint density at radius 1 is 0.719 bits per heavy atom. The van der Waals surface area contributed by atoms with Crippen LogP contribution in [0.15, 0.2) is 87.9 Å². The van der Waals surface area contributed by atoms with Gasteiger partial charge in [0.1, 0.15) is 0 Å². The molecule has 0 unspecified atom stereocenters. The first-order valence-electron chi connectivity index (χ1n) is 12.1. The van der Waals surface area contributed by atoms with Gasteiger partial charge in [-0.3, -0.25) is 4.99 Å². The maximum Gasteiger partial charge on any atom is 0.234 e. The molecular weight excluding hydrogens is 406 g/mol. The van der Waals surface area contributed by atoms with Crippen molar-refractivity contribution >= 4 is 24.6 Å². The summed E-state index contributed by atoms with van der Waals surface area (Å²) in [4.78, 5) is 7.74. The van der Waals surface area contributed by atoms with Crippen molar-refractivity contribution in [1.82, 2.24) is 9.47 Å². The maximum atomic E-state index is 5.18. The van der Waals surface area contributed by atoms with Gasteiger partial charge >= 0.3 is 0 Å². The minimum atomic E-state index is -2.49. The number of fused-ring (bicyclic) bond motifs is 1. The summed E-state index contributed by atoms with van der Waals surface area (Å²) >= 11 is 0. The summed E-state index contributed by atoms with van der Waals surface area (Å²) in [5.74, 6) is 1.25. The van der Waals surface area contributed by atoms with Crippen LogP contribution >= 0.6 is 0 Å². The number of allylic oxidation sites excluding steroid dienone is 4. The van der Waals surface area contributed by atoms with Gasteiger partial charge in [0.25, 0.3) is 0 Å². The summed E-state index contributed by atoms with van der Waals surface area (Å²) < 4.78 is 2.81. The van der Waals surface area contributed by atoms with Crippen LogP contribution in [0.2, 0.25) is 5.54 Å². The predicted octanol–water partition coefficient (Wildman–Crippen LogP) is 4.57. The Labute approximate surface area is 194 Å². The highest BCUT2D eigenvalue weighted by molar-refractivity contribution is 7.03. The van der Waals surface area contributed by atoms with E-state index in [1.807, 2.05) is 0 Å². The van der Waals surface area contributed by atoms with Gasteiger partial charge in [0.2, 0.25) is 8.24 Å². The first-order valence-corrected chi connectivity index (χ1v) is 14.1. The number of benzene rings is 2. The van der Waals surface area contributed by atoms with E-state index in [1.54, 1.807) is 11.1 Å². The second-order valence-electron chi connectivity index (χ2n) is 9.57. The standard InChI is InChI=1S/C28H35N3Si/c1-21-22(2)24(4)27(23(21)3)32(25-13-7-5-8-14-25,26-15-9-6-10-16-26)31-20-12-19-30-18-11-17-29-28(30)31/h5-10,13-16,27H,11-12,17-20H2,1-4H3. The van der Waals surface area contributed by atoms with E-state index in [9.17, 15) is 0 Å². The van der Waals surface area contributed by atoms with Crippen LogP contribution in [0.5, 0.6) is 0 Å². The van der Waals surface area contributed by atoms with Crippen molar-refractivity contribution in [2.75, 3.05) is 26.2 Å². The lowest BCUT2D eigenvalue weighted by molar-refractivity contribution is 0.297. The minimum Gasteiger partial charge on any atom is -0.360 e. The number of aliphatic imine (C=N–C) groups is 1. The topological polar surface area (TPSA) is 18.8 Å². The molecule has 2 aromatic rings. The van der Waals surface area contributed by atoms with E-state index < -0.39 is 8.24 Å². The van der Waals surface area contributed by atoms with Gasteiger partial charge in [-0.15, -0.1) is 0 Å². The van der Waals surface area contributed by atoms with Crippen LogP contribution in [0.25, 0.3) is 0 Å². The molecule has 2 heterocycles. The second kappa shape index (κ2) is 8.40. The molecule has 0 radical (unpaired) electrons. The fourth-order valence-electron chi connectivity index (χ4n) is 6.29. The molecule has 3 nitrogen and oxygen atoms in total. The number of hydrogen-bond donors (Lipinski definition) is 0. The first-order chi connectivity index (χ1) is 15.6. The molecule has 0 saturated carbocycles. The molecule has 0 amide bonds. The Morgan fingerprint density at radius 2 is 1.25 bits per heavy atom. The molecule has 0 spiro atoms. The van der Waals surface area contributed by atoms with Crippen LogP contribution in [0.3, 0.4) is 0 Å².